The van der Waals surface area contributed by atoms with Gasteiger partial charge in [-0.15, -0.1) is 0 Å². The average Bonchev–Trinajstić information content (AvgIpc) is 3.51. The van der Waals surface area contributed by atoms with Crippen LogP contribution in [0.2, 0.25) is 10.0 Å². The Kier molecular flexibility index (Phi) is 6.25. The number of aromatic amines is 2. The molecule has 0 aliphatic heterocycles. The Bertz CT molecular complexity index is 1530. The number of aliphatic hydroxyl groups is 1. The van der Waals surface area contributed by atoms with Crippen LogP contribution in [-0.2, 0) is 0 Å². The van der Waals surface area contributed by atoms with Crippen molar-refractivity contribution in [2.24, 2.45) is 0 Å². The minimum Gasteiger partial charge on any atom is -0.394 e. The zero-order valence-corrected chi connectivity index (χ0v) is 19.5. The van der Waals surface area contributed by atoms with Gasteiger partial charge >= 0.3 is 0 Å². The molecule has 0 saturated heterocycles. The molecular formula is C25H18Cl2FN5O2. The van der Waals surface area contributed by atoms with Crippen LogP contribution in [0.1, 0.15) is 22.1 Å². The van der Waals surface area contributed by atoms with E-state index >= 15 is 0 Å². The van der Waals surface area contributed by atoms with Crippen molar-refractivity contribution in [3.8, 4) is 22.4 Å². The van der Waals surface area contributed by atoms with Crippen molar-refractivity contribution in [3.05, 3.63) is 94.1 Å². The Morgan fingerprint density at radius 1 is 1.06 bits per heavy atom. The molecule has 1 atom stereocenters. The van der Waals surface area contributed by atoms with E-state index in [-0.39, 0.29) is 17.3 Å². The van der Waals surface area contributed by atoms with E-state index in [0.717, 1.165) is 16.5 Å². The van der Waals surface area contributed by atoms with Gasteiger partial charge in [-0.2, -0.15) is 5.10 Å². The number of aromatic nitrogens is 4. The molecule has 0 fully saturated rings. The summed E-state index contributed by atoms with van der Waals surface area (Å²) < 4.78 is 13.5. The number of nitrogens with one attached hydrogen (secondary N) is 3. The monoisotopic (exact) mass is 509 g/mol. The van der Waals surface area contributed by atoms with Crippen LogP contribution < -0.4 is 5.32 Å². The lowest BCUT2D eigenvalue weighted by Crippen LogP contribution is -2.31. The molecule has 3 heterocycles. The molecule has 2 aromatic carbocycles. The molecule has 0 aliphatic rings. The highest BCUT2D eigenvalue weighted by Gasteiger charge is 2.19. The van der Waals surface area contributed by atoms with Gasteiger partial charge in [0.2, 0.25) is 0 Å². The molecule has 4 N–H and O–H groups in total. The van der Waals surface area contributed by atoms with Crippen molar-refractivity contribution in [1.82, 2.24) is 25.5 Å². The average molecular weight is 510 g/mol. The molecule has 1 unspecified atom stereocenters. The quantitative estimate of drug-likeness (QED) is 0.241. The normalized spacial score (nSPS) is 12.1. The first-order chi connectivity index (χ1) is 16.9. The van der Waals surface area contributed by atoms with Crippen LogP contribution in [0.4, 0.5) is 4.39 Å². The maximum Gasteiger partial charge on any atom is 0.268 e. The van der Waals surface area contributed by atoms with Crippen molar-refractivity contribution in [1.29, 1.82) is 0 Å². The van der Waals surface area contributed by atoms with E-state index in [1.807, 2.05) is 30.3 Å². The summed E-state index contributed by atoms with van der Waals surface area (Å²) in [4.78, 5) is 20.2. The Morgan fingerprint density at radius 2 is 1.86 bits per heavy atom. The van der Waals surface area contributed by atoms with Gasteiger partial charge in [0, 0.05) is 33.9 Å². The van der Waals surface area contributed by atoms with Crippen molar-refractivity contribution >= 4 is 40.1 Å². The van der Waals surface area contributed by atoms with Crippen molar-refractivity contribution in [2.45, 2.75) is 6.04 Å². The number of carbonyl (C=O) groups excluding carboxylic acids is 1. The fraction of sp³-hybridized carbons (Fsp3) is 0.0800. The molecule has 0 aliphatic carbocycles. The van der Waals surface area contributed by atoms with E-state index < -0.39 is 17.8 Å². The van der Waals surface area contributed by atoms with Crippen LogP contribution in [0.3, 0.4) is 0 Å². The first-order valence-electron chi connectivity index (χ1n) is 10.6. The van der Waals surface area contributed by atoms with Crippen LogP contribution in [0, 0.1) is 5.82 Å². The van der Waals surface area contributed by atoms with Gasteiger partial charge in [0.15, 0.2) is 5.65 Å². The third kappa shape index (κ3) is 4.64. The minimum atomic E-state index is -0.760. The first kappa shape index (κ1) is 23.0. The Balaban J connectivity index is 1.41. The molecule has 3 aromatic heterocycles. The number of carbonyl (C=O) groups is 1. The van der Waals surface area contributed by atoms with Crippen LogP contribution in [0.15, 0.2) is 67.0 Å². The molecule has 35 heavy (non-hydrogen) atoms. The van der Waals surface area contributed by atoms with Crippen molar-refractivity contribution in [2.75, 3.05) is 6.61 Å². The third-order valence-corrected chi connectivity index (χ3v) is 6.17. The number of nitrogens with zero attached hydrogens (tertiary/aromatic N) is 2. The van der Waals surface area contributed by atoms with Crippen LogP contribution in [0.25, 0.3) is 33.4 Å². The highest BCUT2D eigenvalue weighted by Crippen LogP contribution is 2.30. The summed E-state index contributed by atoms with van der Waals surface area (Å²) in [6.07, 6.45) is 3.42. The lowest BCUT2D eigenvalue weighted by Gasteiger charge is -2.16. The van der Waals surface area contributed by atoms with Crippen LogP contribution in [-0.4, -0.2) is 37.8 Å². The van der Waals surface area contributed by atoms with E-state index in [4.69, 9.17) is 23.2 Å². The molecule has 176 valence electrons. The topological polar surface area (TPSA) is 107 Å². The van der Waals surface area contributed by atoms with Gasteiger partial charge in [0.05, 0.1) is 17.7 Å². The molecule has 0 bridgehead atoms. The lowest BCUT2D eigenvalue weighted by atomic mass is 10.1. The SMILES string of the molecule is O=C(NC(CO)c1ccc(F)c(Cl)c1)c1cc(-c2n[nH]c3ncc(-c4ccc(Cl)cc4)cc23)c[nH]1. The molecule has 10 heteroatoms. The number of hydrogen-bond donors (Lipinski definition) is 4. The second-order valence-corrected chi connectivity index (χ2v) is 8.73. The predicted octanol–water partition coefficient (Wildman–Crippen LogP) is 5.53. The van der Waals surface area contributed by atoms with E-state index in [2.05, 4.69) is 25.5 Å². The summed E-state index contributed by atoms with van der Waals surface area (Å²) >= 11 is 11.8. The van der Waals surface area contributed by atoms with E-state index in [0.29, 0.717) is 27.5 Å². The number of amides is 1. The van der Waals surface area contributed by atoms with Crippen LogP contribution >= 0.6 is 23.2 Å². The summed E-state index contributed by atoms with van der Waals surface area (Å²) in [5.41, 5.74) is 4.53. The summed E-state index contributed by atoms with van der Waals surface area (Å²) in [7, 11) is 0. The summed E-state index contributed by atoms with van der Waals surface area (Å²) in [6.45, 7) is -0.385. The number of halogens is 3. The van der Waals surface area contributed by atoms with E-state index in [1.165, 1.54) is 18.2 Å². The smallest absolute Gasteiger partial charge is 0.268 e. The summed E-state index contributed by atoms with van der Waals surface area (Å²) in [5, 5.41) is 21.1. The maximum atomic E-state index is 13.5. The molecule has 1 amide bonds. The Morgan fingerprint density at radius 3 is 2.60 bits per heavy atom. The standard InChI is InChI=1S/C25H18Cl2FN5O2/c26-17-4-1-13(2-5-17)15-7-18-23(32-33-24(18)30-10-15)16-9-21(29-11-16)25(35)31-22(12-34)14-3-6-20(28)19(27)8-14/h1-11,22,29,34H,12H2,(H,31,35)(H,30,32,33). The molecule has 7 nitrogen and oxygen atoms in total. The van der Waals surface area contributed by atoms with Crippen molar-refractivity contribution < 1.29 is 14.3 Å². The summed E-state index contributed by atoms with van der Waals surface area (Å²) in [6, 6.07) is 14.3. The lowest BCUT2D eigenvalue weighted by molar-refractivity contribution is 0.0911. The minimum absolute atomic E-state index is 0.0886. The molecular weight excluding hydrogens is 492 g/mol. The highest BCUT2D eigenvalue weighted by molar-refractivity contribution is 6.31. The summed E-state index contributed by atoms with van der Waals surface area (Å²) in [5.74, 6) is -1.03. The molecule has 0 spiro atoms. The number of H-pyrrole nitrogens is 2. The van der Waals surface area contributed by atoms with E-state index in [9.17, 15) is 14.3 Å². The number of hydrogen-bond acceptors (Lipinski definition) is 4. The number of fused-ring (bicyclic) bond motifs is 1. The zero-order chi connectivity index (χ0) is 24.5. The third-order valence-electron chi connectivity index (χ3n) is 5.63. The van der Waals surface area contributed by atoms with Gasteiger partial charge in [0.1, 0.15) is 17.2 Å². The number of rotatable bonds is 6. The highest BCUT2D eigenvalue weighted by atomic mass is 35.5. The predicted molar refractivity (Wildman–Crippen MR) is 133 cm³/mol. The fourth-order valence-corrected chi connectivity index (χ4v) is 4.10. The zero-order valence-electron chi connectivity index (χ0n) is 18.0. The molecule has 5 rings (SSSR count). The Hall–Kier alpha value is -3.72. The maximum absolute atomic E-state index is 13.5. The molecule has 0 saturated carbocycles. The second kappa shape index (κ2) is 9.50. The molecule has 0 radical (unpaired) electrons. The van der Waals surface area contributed by atoms with Gasteiger partial charge in [-0.3, -0.25) is 9.89 Å². The van der Waals surface area contributed by atoms with Gasteiger partial charge in [-0.05, 0) is 47.5 Å². The fourth-order valence-electron chi connectivity index (χ4n) is 3.79. The number of pyridine rings is 1. The largest absolute Gasteiger partial charge is 0.394 e. The number of benzene rings is 2. The Labute approximate surface area is 208 Å². The van der Waals surface area contributed by atoms with Gasteiger partial charge in [-0.1, -0.05) is 41.4 Å². The first-order valence-corrected chi connectivity index (χ1v) is 11.3. The molecule has 5 aromatic rings. The van der Waals surface area contributed by atoms with Crippen molar-refractivity contribution in [3.63, 3.8) is 0 Å². The van der Waals surface area contributed by atoms with Crippen LogP contribution in [0.5, 0.6) is 0 Å². The number of aliphatic hydroxyl groups excluding tert-OH is 1. The van der Waals surface area contributed by atoms with Gasteiger partial charge in [-0.25, -0.2) is 9.37 Å². The van der Waals surface area contributed by atoms with E-state index in [1.54, 1.807) is 18.5 Å². The van der Waals surface area contributed by atoms with Gasteiger partial charge in [0.25, 0.3) is 5.91 Å². The van der Waals surface area contributed by atoms with Gasteiger partial charge < -0.3 is 15.4 Å². The second-order valence-electron chi connectivity index (χ2n) is 7.88.